The Balaban J connectivity index is 1.93. The molecular weight excluding hydrogens is 390 g/mol. The van der Waals surface area contributed by atoms with Crippen molar-refractivity contribution in [3.8, 4) is 6.07 Å². The van der Waals surface area contributed by atoms with Gasteiger partial charge in [-0.05, 0) is 48.4 Å². The van der Waals surface area contributed by atoms with Gasteiger partial charge in [0, 0.05) is 23.5 Å². The lowest BCUT2D eigenvalue weighted by Crippen LogP contribution is -2.18. The molecule has 2 aromatic rings. The third kappa shape index (κ3) is 6.42. The Morgan fingerprint density at radius 2 is 1.93 bits per heavy atom. The summed E-state index contributed by atoms with van der Waals surface area (Å²) in [7, 11) is -4.30. The number of amides is 1. The monoisotopic (exact) mass is 405 g/mol. The van der Waals surface area contributed by atoms with Crippen LogP contribution in [0.4, 0.5) is 5.69 Å². The van der Waals surface area contributed by atoms with E-state index in [4.69, 9.17) is 21.4 Å². The number of rotatable bonds is 7. The summed E-state index contributed by atoms with van der Waals surface area (Å²) < 4.78 is 30.9. The van der Waals surface area contributed by atoms with Crippen LogP contribution in [0.1, 0.15) is 5.56 Å². The van der Waals surface area contributed by atoms with E-state index in [0.717, 1.165) is 17.7 Å². The second-order valence-electron chi connectivity index (χ2n) is 5.46. The van der Waals surface area contributed by atoms with Crippen molar-refractivity contribution in [2.75, 3.05) is 11.9 Å². The molecule has 7 nitrogen and oxygen atoms in total. The molecule has 0 radical (unpaired) electrons. The minimum atomic E-state index is -4.30. The van der Waals surface area contributed by atoms with E-state index in [1.54, 1.807) is 12.1 Å². The highest BCUT2D eigenvalue weighted by Gasteiger charge is 2.11. The number of carbonyl (C=O) groups is 1. The number of nitrogens with zero attached hydrogens (tertiary/aromatic N) is 1. The summed E-state index contributed by atoms with van der Waals surface area (Å²) >= 11 is 5.91. The molecule has 0 heterocycles. The van der Waals surface area contributed by atoms with Gasteiger partial charge in [0.05, 0.1) is 4.90 Å². The molecule has 0 saturated heterocycles. The maximum atomic E-state index is 12.1. The Morgan fingerprint density at radius 3 is 2.52 bits per heavy atom. The van der Waals surface area contributed by atoms with E-state index in [2.05, 4.69) is 10.6 Å². The first-order chi connectivity index (χ1) is 12.8. The summed E-state index contributed by atoms with van der Waals surface area (Å²) in [6.07, 6.45) is 1.97. The largest absolute Gasteiger partial charge is 0.389 e. The van der Waals surface area contributed by atoms with Crippen LogP contribution in [0.15, 0.2) is 65.2 Å². The van der Waals surface area contributed by atoms with Crippen molar-refractivity contribution in [3.63, 3.8) is 0 Å². The topological polar surface area (TPSA) is 119 Å². The van der Waals surface area contributed by atoms with Crippen LogP contribution in [0.3, 0.4) is 0 Å². The molecule has 140 valence electrons. The number of nitriles is 1. The molecule has 1 amide bonds. The van der Waals surface area contributed by atoms with Gasteiger partial charge < -0.3 is 10.6 Å². The lowest BCUT2D eigenvalue weighted by atomic mass is 10.1. The van der Waals surface area contributed by atoms with Crippen molar-refractivity contribution in [3.05, 3.63) is 70.9 Å². The zero-order valence-corrected chi connectivity index (χ0v) is 15.6. The first kappa shape index (κ1) is 20.5. The predicted molar refractivity (Wildman–Crippen MR) is 102 cm³/mol. The Hall–Kier alpha value is -2.86. The van der Waals surface area contributed by atoms with E-state index in [9.17, 15) is 13.2 Å². The van der Waals surface area contributed by atoms with Gasteiger partial charge in [0.15, 0.2) is 0 Å². The third-order valence-corrected chi connectivity index (χ3v) is 4.57. The van der Waals surface area contributed by atoms with Crippen LogP contribution >= 0.6 is 11.6 Å². The first-order valence-corrected chi connectivity index (χ1v) is 9.58. The average molecular weight is 406 g/mol. The van der Waals surface area contributed by atoms with Gasteiger partial charge >= 0.3 is 0 Å². The quantitative estimate of drug-likeness (QED) is 0.282. The summed E-state index contributed by atoms with van der Waals surface area (Å²) in [5.41, 5.74) is 1.16. The van der Waals surface area contributed by atoms with Gasteiger partial charge in [-0.2, -0.15) is 13.7 Å². The minimum absolute atomic E-state index is 0.139. The molecule has 0 bridgehead atoms. The Morgan fingerprint density at radius 1 is 1.22 bits per heavy atom. The van der Waals surface area contributed by atoms with Crippen molar-refractivity contribution < 1.29 is 17.8 Å². The van der Waals surface area contributed by atoms with Gasteiger partial charge in [-0.15, -0.1) is 0 Å². The fraction of sp³-hybridized carbons (Fsp3) is 0.111. The summed E-state index contributed by atoms with van der Waals surface area (Å²) in [5.74, 6) is -0.646. The normalized spacial score (nSPS) is 11.5. The van der Waals surface area contributed by atoms with E-state index in [-0.39, 0.29) is 16.2 Å². The molecule has 0 unspecified atom stereocenters. The minimum Gasteiger partial charge on any atom is -0.389 e. The second kappa shape index (κ2) is 9.19. The zero-order chi connectivity index (χ0) is 19.9. The molecular formula is C18H16ClN3O4S. The number of hydrogen-bond acceptors (Lipinski definition) is 5. The van der Waals surface area contributed by atoms with Crippen molar-refractivity contribution in [2.24, 2.45) is 0 Å². The molecule has 3 N–H and O–H groups in total. The summed E-state index contributed by atoms with van der Waals surface area (Å²) in [6.45, 7) is 0.502. The van der Waals surface area contributed by atoms with E-state index >= 15 is 0 Å². The Labute approximate surface area is 162 Å². The Kier molecular flexibility index (Phi) is 6.96. The van der Waals surface area contributed by atoms with Gasteiger partial charge in [-0.25, -0.2) is 0 Å². The third-order valence-electron chi connectivity index (χ3n) is 3.47. The fourth-order valence-electron chi connectivity index (χ4n) is 2.14. The van der Waals surface area contributed by atoms with Gasteiger partial charge in [0.1, 0.15) is 11.6 Å². The molecule has 0 saturated carbocycles. The standard InChI is InChI=1S/C18H16ClN3O4S/c19-15-3-1-2-13(10-15)8-9-21-12-14(11-20)18(23)22-16-4-6-17(7-5-16)27(24,25)26/h1-7,10,12,21H,8-9H2,(H,22,23)(H,24,25,26)/b14-12-. The van der Waals surface area contributed by atoms with Crippen molar-refractivity contribution in [1.29, 1.82) is 5.26 Å². The molecule has 2 aromatic carbocycles. The number of hydrogen-bond donors (Lipinski definition) is 3. The molecule has 0 aliphatic rings. The molecule has 2 rings (SSSR count). The second-order valence-corrected chi connectivity index (χ2v) is 7.32. The van der Waals surface area contributed by atoms with Crippen molar-refractivity contribution in [1.82, 2.24) is 5.32 Å². The Bertz CT molecular complexity index is 996. The highest BCUT2D eigenvalue weighted by molar-refractivity contribution is 7.85. The highest BCUT2D eigenvalue weighted by atomic mass is 35.5. The van der Waals surface area contributed by atoms with Crippen molar-refractivity contribution in [2.45, 2.75) is 11.3 Å². The van der Waals surface area contributed by atoms with Crippen molar-refractivity contribution >= 4 is 33.3 Å². The molecule has 9 heteroatoms. The predicted octanol–water partition coefficient (Wildman–Crippen LogP) is 2.76. The molecule has 0 fully saturated rings. The van der Waals surface area contributed by atoms with Crippen LogP contribution in [0.25, 0.3) is 0 Å². The van der Waals surface area contributed by atoms with Gasteiger partial charge in [-0.3, -0.25) is 9.35 Å². The summed E-state index contributed by atoms with van der Waals surface area (Å²) in [6, 6.07) is 14.1. The molecule has 0 spiro atoms. The van der Waals surface area contributed by atoms with Gasteiger partial charge in [-0.1, -0.05) is 23.7 Å². The maximum Gasteiger partial charge on any atom is 0.294 e. The molecule has 0 aliphatic heterocycles. The van der Waals surface area contributed by atoms with Crippen LogP contribution < -0.4 is 10.6 Å². The van der Waals surface area contributed by atoms with E-state index in [1.807, 2.05) is 18.2 Å². The zero-order valence-electron chi connectivity index (χ0n) is 14.0. The SMILES string of the molecule is N#C/C(=C/NCCc1cccc(Cl)c1)C(=O)Nc1ccc(S(=O)(=O)O)cc1. The molecule has 27 heavy (non-hydrogen) atoms. The lowest BCUT2D eigenvalue weighted by molar-refractivity contribution is -0.112. The van der Waals surface area contributed by atoms with E-state index in [0.29, 0.717) is 18.0 Å². The number of nitrogens with one attached hydrogen (secondary N) is 2. The summed E-state index contributed by atoms with van der Waals surface area (Å²) in [4.78, 5) is 11.8. The van der Waals surface area contributed by atoms with Crippen LogP contribution in [-0.2, 0) is 21.3 Å². The van der Waals surface area contributed by atoms with Crippen LogP contribution in [0, 0.1) is 11.3 Å². The van der Waals surface area contributed by atoms with Crippen LogP contribution in [0.5, 0.6) is 0 Å². The molecule has 0 atom stereocenters. The molecule has 0 aliphatic carbocycles. The highest BCUT2D eigenvalue weighted by Crippen LogP contribution is 2.14. The number of halogens is 1. The first-order valence-electron chi connectivity index (χ1n) is 7.76. The number of carbonyl (C=O) groups excluding carboxylic acids is 1. The maximum absolute atomic E-state index is 12.1. The summed E-state index contributed by atoms with van der Waals surface area (Å²) in [5, 5.41) is 15.1. The van der Waals surface area contributed by atoms with Gasteiger partial charge in [0.25, 0.3) is 16.0 Å². The van der Waals surface area contributed by atoms with Crippen LogP contribution in [0.2, 0.25) is 5.02 Å². The lowest BCUT2D eigenvalue weighted by Gasteiger charge is -2.06. The van der Waals surface area contributed by atoms with Gasteiger partial charge in [0.2, 0.25) is 0 Å². The van der Waals surface area contributed by atoms with Crippen LogP contribution in [-0.4, -0.2) is 25.4 Å². The number of benzene rings is 2. The smallest absolute Gasteiger partial charge is 0.294 e. The van der Waals surface area contributed by atoms with E-state index < -0.39 is 16.0 Å². The number of anilines is 1. The molecule has 0 aromatic heterocycles. The fourth-order valence-corrected chi connectivity index (χ4v) is 2.83. The van der Waals surface area contributed by atoms with E-state index in [1.165, 1.54) is 18.3 Å². The average Bonchev–Trinajstić information content (AvgIpc) is 2.61.